The zero-order chi connectivity index (χ0) is 12.8. The normalized spacial score (nSPS) is 11.1. The van der Waals surface area contributed by atoms with Crippen LogP contribution in [-0.2, 0) is 9.53 Å². The van der Waals surface area contributed by atoms with Crippen LogP contribution in [0, 0.1) is 16.2 Å². The number of aliphatic hydroxyl groups is 1. The van der Waals surface area contributed by atoms with Crippen molar-refractivity contribution in [2.45, 2.75) is 6.92 Å². The fourth-order valence-electron chi connectivity index (χ4n) is 1.17. The van der Waals surface area contributed by atoms with Gasteiger partial charge < -0.3 is 9.84 Å². The van der Waals surface area contributed by atoms with Gasteiger partial charge in [0.1, 0.15) is 5.76 Å². The maximum atomic E-state index is 10.8. The van der Waals surface area contributed by atoms with Gasteiger partial charge in [0.05, 0.1) is 11.5 Å². The highest BCUT2D eigenvalue weighted by Crippen LogP contribution is 2.20. The van der Waals surface area contributed by atoms with Crippen LogP contribution in [0.4, 0.5) is 5.69 Å². The summed E-state index contributed by atoms with van der Waals surface area (Å²) in [6, 6.07) is 5.53. The van der Waals surface area contributed by atoms with Crippen LogP contribution >= 0.6 is 0 Å². The quantitative estimate of drug-likeness (QED) is 0.368. The van der Waals surface area contributed by atoms with Gasteiger partial charge in [-0.25, -0.2) is 0 Å². The van der Waals surface area contributed by atoms with E-state index in [9.17, 15) is 14.9 Å². The SMILES string of the molecule is CC(=O)OC(=[C]CO)c1cccc([N+](=O)[O-])c1. The van der Waals surface area contributed by atoms with Gasteiger partial charge in [-0.15, -0.1) is 0 Å². The van der Waals surface area contributed by atoms with Crippen LogP contribution in [0.2, 0.25) is 0 Å². The Kier molecular flexibility index (Phi) is 4.36. The summed E-state index contributed by atoms with van der Waals surface area (Å²) >= 11 is 0. The molecular weight excluding hydrogens is 226 g/mol. The van der Waals surface area contributed by atoms with Gasteiger partial charge in [-0.05, 0) is 0 Å². The fourth-order valence-corrected chi connectivity index (χ4v) is 1.17. The predicted octanol–water partition coefficient (Wildman–Crippen LogP) is 1.29. The molecule has 0 fully saturated rings. The number of carbonyl (C=O) groups excluding carboxylic acids is 1. The van der Waals surface area contributed by atoms with Crippen molar-refractivity contribution in [2.24, 2.45) is 0 Å². The highest BCUT2D eigenvalue weighted by molar-refractivity contribution is 5.76. The topological polar surface area (TPSA) is 89.7 Å². The molecule has 1 aromatic rings. The molecule has 6 heteroatoms. The Bertz CT molecular complexity index is 467. The molecule has 1 aromatic carbocycles. The first-order valence-corrected chi connectivity index (χ1v) is 4.69. The largest absolute Gasteiger partial charge is 0.426 e. The van der Waals surface area contributed by atoms with Crippen LogP contribution in [0.5, 0.6) is 0 Å². The molecule has 0 aliphatic rings. The van der Waals surface area contributed by atoms with E-state index >= 15 is 0 Å². The van der Waals surface area contributed by atoms with Crippen molar-refractivity contribution in [2.75, 3.05) is 6.61 Å². The molecule has 1 N–H and O–H groups in total. The zero-order valence-electron chi connectivity index (χ0n) is 9.04. The molecule has 1 radical (unpaired) electrons. The van der Waals surface area contributed by atoms with Crippen molar-refractivity contribution in [1.29, 1.82) is 0 Å². The number of nitro groups is 1. The van der Waals surface area contributed by atoms with E-state index in [1.54, 1.807) is 0 Å². The zero-order valence-corrected chi connectivity index (χ0v) is 9.04. The first kappa shape index (κ1) is 12.9. The van der Waals surface area contributed by atoms with Crippen LogP contribution in [-0.4, -0.2) is 22.6 Å². The van der Waals surface area contributed by atoms with Crippen LogP contribution in [0.1, 0.15) is 12.5 Å². The lowest BCUT2D eigenvalue weighted by molar-refractivity contribution is -0.384. The number of nitro benzene ring substituents is 1. The molecule has 0 saturated heterocycles. The second-order valence-corrected chi connectivity index (χ2v) is 3.07. The average Bonchev–Trinajstić information content (AvgIpc) is 2.28. The first-order valence-electron chi connectivity index (χ1n) is 4.69. The smallest absolute Gasteiger partial charge is 0.308 e. The maximum Gasteiger partial charge on any atom is 0.308 e. The minimum atomic E-state index is -0.590. The summed E-state index contributed by atoms with van der Waals surface area (Å²) < 4.78 is 4.80. The summed E-state index contributed by atoms with van der Waals surface area (Å²) in [6.07, 6.45) is 2.40. The fraction of sp³-hybridized carbons (Fsp3) is 0.182. The highest BCUT2D eigenvalue weighted by Gasteiger charge is 2.11. The summed E-state index contributed by atoms with van der Waals surface area (Å²) in [5.74, 6) is -0.615. The Balaban J connectivity index is 3.10. The Morgan fingerprint density at radius 2 is 2.29 bits per heavy atom. The van der Waals surface area contributed by atoms with Crippen molar-refractivity contribution in [1.82, 2.24) is 0 Å². The summed E-state index contributed by atoms with van der Waals surface area (Å²) in [5, 5.41) is 19.3. The van der Waals surface area contributed by atoms with Crippen molar-refractivity contribution < 1.29 is 19.6 Å². The number of carbonyl (C=O) groups is 1. The molecule has 0 spiro atoms. The molecule has 17 heavy (non-hydrogen) atoms. The van der Waals surface area contributed by atoms with E-state index in [2.05, 4.69) is 6.08 Å². The predicted molar refractivity (Wildman–Crippen MR) is 58.6 cm³/mol. The molecular formula is C11H10NO5. The lowest BCUT2D eigenvalue weighted by Gasteiger charge is -2.06. The van der Waals surface area contributed by atoms with E-state index in [1.807, 2.05) is 0 Å². The number of esters is 1. The molecule has 0 aromatic heterocycles. The Labute approximate surface area is 97.3 Å². The third kappa shape index (κ3) is 3.69. The van der Waals surface area contributed by atoms with E-state index in [-0.39, 0.29) is 11.4 Å². The second-order valence-electron chi connectivity index (χ2n) is 3.07. The van der Waals surface area contributed by atoms with E-state index in [0.29, 0.717) is 5.56 Å². The number of rotatable bonds is 4. The van der Waals surface area contributed by atoms with Gasteiger partial charge in [0, 0.05) is 30.7 Å². The van der Waals surface area contributed by atoms with Crippen LogP contribution < -0.4 is 0 Å². The summed E-state index contributed by atoms with van der Waals surface area (Å²) in [4.78, 5) is 20.8. The van der Waals surface area contributed by atoms with Crippen molar-refractivity contribution in [3.05, 3.63) is 46.0 Å². The minimum Gasteiger partial charge on any atom is -0.426 e. The lowest BCUT2D eigenvalue weighted by atomic mass is 10.1. The standard InChI is InChI=1S/C11H10NO5/c1-8(14)17-11(5-6-13)9-3-2-4-10(7-9)12(15)16/h2-4,7,13H,6H2,1H3. The highest BCUT2D eigenvalue weighted by atomic mass is 16.6. The Morgan fingerprint density at radius 1 is 1.59 bits per heavy atom. The second kappa shape index (κ2) is 5.76. The minimum absolute atomic E-state index is 0.0244. The molecule has 89 valence electrons. The third-order valence-electron chi connectivity index (χ3n) is 1.80. The molecule has 0 aliphatic heterocycles. The van der Waals surface area contributed by atoms with E-state index in [0.717, 1.165) is 0 Å². The van der Waals surface area contributed by atoms with Crippen LogP contribution in [0.25, 0.3) is 5.76 Å². The number of ether oxygens (including phenoxy) is 1. The van der Waals surface area contributed by atoms with Gasteiger partial charge >= 0.3 is 5.97 Å². The molecule has 0 aliphatic carbocycles. The molecule has 0 saturated carbocycles. The van der Waals surface area contributed by atoms with Gasteiger partial charge in [-0.3, -0.25) is 14.9 Å². The summed E-state index contributed by atoms with van der Waals surface area (Å²) in [5.41, 5.74) is 0.176. The third-order valence-corrected chi connectivity index (χ3v) is 1.80. The Hall–Kier alpha value is -2.21. The van der Waals surface area contributed by atoms with Gasteiger partial charge in [0.15, 0.2) is 0 Å². The first-order chi connectivity index (χ1) is 8.04. The number of hydrogen-bond donors (Lipinski definition) is 1. The molecule has 0 unspecified atom stereocenters. The Morgan fingerprint density at radius 3 is 2.82 bits per heavy atom. The van der Waals surface area contributed by atoms with Gasteiger partial charge in [-0.1, -0.05) is 12.1 Å². The molecule has 0 atom stereocenters. The summed E-state index contributed by atoms with van der Waals surface area (Å²) in [6.45, 7) is 0.738. The monoisotopic (exact) mass is 236 g/mol. The number of non-ortho nitro benzene ring substituents is 1. The summed E-state index contributed by atoms with van der Waals surface area (Å²) in [7, 11) is 0. The van der Waals surface area contributed by atoms with Crippen molar-refractivity contribution in [3.8, 4) is 0 Å². The average molecular weight is 236 g/mol. The van der Waals surface area contributed by atoms with Crippen LogP contribution in [0.3, 0.4) is 0 Å². The van der Waals surface area contributed by atoms with Crippen molar-refractivity contribution in [3.63, 3.8) is 0 Å². The van der Waals surface area contributed by atoms with Crippen molar-refractivity contribution >= 4 is 17.4 Å². The van der Waals surface area contributed by atoms with Gasteiger partial charge in [0.25, 0.3) is 5.69 Å². The molecule has 0 bridgehead atoms. The van der Waals surface area contributed by atoms with E-state index in [4.69, 9.17) is 9.84 Å². The van der Waals surface area contributed by atoms with Crippen LogP contribution in [0.15, 0.2) is 24.3 Å². The number of benzene rings is 1. The van der Waals surface area contributed by atoms with Gasteiger partial charge in [0.2, 0.25) is 0 Å². The van der Waals surface area contributed by atoms with E-state index in [1.165, 1.54) is 31.2 Å². The number of aliphatic hydroxyl groups excluding tert-OH is 1. The lowest BCUT2D eigenvalue weighted by Crippen LogP contribution is -2.00. The number of hydrogen-bond acceptors (Lipinski definition) is 5. The van der Waals surface area contributed by atoms with E-state index < -0.39 is 17.5 Å². The molecule has 0 amide bonds. The molecule has 6 nitrogen and oxygen atoms in total. The molecule has 1 rings (SSSR count). The number of nitrogens with zero attached hydrogens (tertiary/aromatic N) is 1. The van der Waals surface area contributed by atoms with Gasteiger partial charge in [-0.2, -0.15) is 0 Å². The molecule has 0 heterocycles. The maximum absolute atomic E-state index is 10.8.